The van der Waals surface area contributed by atoms with Crippen molar-refractivity contribution in [1.82, 2.24) is 10.3 Å². The topological polar surface area (TPSA) is 97.4 Å². The SMILES string of the molecule is CCCCNC(=O)c1cccnc1Oc1ccc(NS(=O)(=O)CC)cc1. The van der Waals surface area contributed by atoms with Gasteiger partial charge in [0.05, 0.1) is 5.75 Å². The Morgan fingerprint density at radius 1 is 1.15 bits per heavy atom. The van der Waals surface area contributed by atoms with Gasteiger partial charge in [-0.1, -0.05) is 13.3 Å². The van der Waals surface area contributed by atoms with Crippen molar-refractivity contribution in [3.63, 3.8) is 0 Å². The van der Waals surface area contributed by atoms with Crippen LogP contribution in [-0.2, 0) is 10.0 Å². The van der Waals surface area contributed by atoms with Crippen LogP contribution in [0.15, 0.2) is 42.6 Å². The number of unbranched alkanes of at least 4 members (excludes halogenated alkanes) is 1. The van der Waals surface area contributed by atoms with Crippen LogP contribution in [0.3, 0.4) is 0 Å². The summed E-state index contributed by atoms with van der Waals surface area (Å²) in [4.78, 5) is 16.4. The molecule has 1 heterocycles. The molecule has 0 bridgehead atoms. The van der Waals surface area contributed by atoms with E-state index in [4.69, 9.17) is 4.74 Å². The number of benzene rings is 1. The molecule has 0 saturated carbocycles. The molecule has 1 aromatic heterocycles. The van der Waals surface area contributed by atoms with Crippen molar-refractivity contribution in [2.45, 2.75) is 26.7 Å². The third-order valence-corrected chi connectivity index (χ3v) is 4.86. The molecule has 8 heteroatoms. The summed E-state index contributed by atoms with van der Waals surface area (Å²) in [5.41, 5.74) is 0.789. The van der Waals surface area contributed by atoms with E-state index in [1.54, 1.807) is 49.5 Å². The summed E-state index contributed by atoms with van der Waals surface area (Å²) >= 11 is 0. The van der Waals surface area contributed by atoms with Crippen LogP contribution in [-0.4, -0.2) is 31.6 Å². The second-order valence-corrected chi connectivity index (χ2v) is 7.61. The lowest BCUT2D eigenvalue weighted by Gasteiger charge is -2.11. The highest BCUT2D eigenvalue weighted by Crippen LogP contribution is 2.24. The summed E-state index contributed by atoms with van der Waals surface area (Å²) in [7, 11) is -3.33. The highest BCUT2D eigenvalue weighted by molar-refractivity contribution is 7.92. The van der Waals surface area contributed by atoms with Crippen LogP contribution in [0.4, 0.5) is 5.69 Å². The molecule has 7 nitrogen and oxygen atoms in total. The minimum atomic E-state index is -3.33. The van der Waals surface area contributed by atoms with Gasteiger partial charge in [0.15, 0.2) is 0 Å². The van der Waals surface area contributed by atoms with Crippen LogP contribution >= 0.6 is 0 Å². The summed E-state index contributed by atoms with van der Waals surface area (Å²) in [5, 5.41) is 2.83. The van der Waals surface area contributed by atoms with Gasteiger partial charge in [-0.15, -0.1) is 0 Å². The maximum Gasteiger partial charge on any atom is 0.256 e. The summed E-state index contributed by atoms with van der Waals surface area (Å²) in [6, 6.07) is 9.72. The van der Waals surface area contributed by atoms with E-state index in [0.29, 0.717) is 23.5 Å². The molecule has 0 aliphatic carbocycles. The predicted molar refractivity (Wildman–Crippen MR) is 101 cm³/mol. The number of hydrogen-bond acceptors (Lipinski definition) is 5. The Hall–Kier alpha value is -2.61. The zero-order valence-corrected chi connectivity index (χ0v) is 15.7. The van der Waals surface area contributed by atoms with Gasteiger partial charge in [0.25, 0.3) is 5.91 Å². The first-order valence-corrected chi connectivity index (χ1v) is 10.1. The normalized spacial score (nSPS) is 11.0. The zero-order chi connectivity index (χ0) is 19.0. The first kappa shape index (κ1) is 19.7. The molecular weight excluding hydrogens is 354 g/mol. The van der Waals surface area contributed by atoms with Gasteiger partial charge in [-0.2, -0.15) is 0 Å². The molecule has 140 valence electrons. The van der Waals surface area contributed by atoms with Crippen LogP contribution in [0.1, 0.15) is 37.0 Å². The quantitative estimate of drug-likeness (QED) is 0.654. The first-order valence-electron chi connectivity index (χ1n) is 8.46. The molecule has 26 heavy (non-hydrogen) atoms. The number of carbonyl (C=O) groups excluding carboxylic acids is 1. The molecule has 2 rings (SSSR count). The van der Waals surface area contributed by atoms with Crippen molar-refractivity contribution in [2.24, 2.45) is 0 Å². The van der Waals surface area contributed by atoms with Gasteiger partial charge in [0, 0.05) is 18.4 Å². The van der Waals surface area contributed by atoms with Crippen molar-refractivity contribution in [3.8, 4) is 11.6 Å². The van der Waals surface area contributed by atoms with Crippen LogP contribution in [0.5, 0.6) is 11.6 Å². The molecular formula is C18H23N3O4S. The van der Waals surface area contributed by atoms with E-state index in [1.165, 1.54) is 0 Å². The molecule has 0 fully saturated rings. The summed E-state index contributed by atoms with van der Waals surface area (Å²) < 4.78 is 31.3. The second kappa shape index (κ2) is 9.19. The highest BCUT2D eigenvalue weighted by Gasteiger charge is 2.14. The molecule has 1 aromatic carbocycles. The largest absolute Gasteiger partial charge is 0.438 e. The number of ether oxygens (including phenoxy) is 1. The lowest BCUT2D eigenvalue weighted by atomic mass is 10.2. The van der Waals surface area contributed by atoms with Crippen LogP contribution in [0.2, 0.25) is 0 Å². The standard InChI is InChI=1S/C18H23N3O4S/c1-3-5-12-19-17(22)16-7-6-13-20-18(16)25-15-10-8-14(9-11-15)21-26(23,24)4-2/h6-11,13,21H,3-5,12H2,1-2H3,(H,19,22). The van der Waals surface area contributed by atoms with E-state index >= 15 is 0 Å². The lowest BCUT2D eigenvalue weighted by Crippen LogP contribution is -2.24. The highest BCUT2D eigenvalue weighted by atomic mass is 32.2. The molecule has 2 aromatic rings. The molecule has 0 unspecified atom stereocenters. The first-order chi connectivity index (χ1) is 12.4. The van der Waals surface area contributed by atoms with Crippen LogP contribution in [0.25, 0.3) is 0 Å². The van der Waals surface area contributed by atoms with E-state index in [1.807, 2.05) is 0 Å². The van der Waals surface area contributed by atoms with Gasteiger partial charge in [0.2, 0.25) is 15.9 Å². The number of rotatable bonds is 9. The summed E-state index contributed by atoms with van der Waals surface area (Å²) in [5.74, 6) is 0.401. The van der Waals surface area contributed by atoms with Crippen molar-refractivity contribution in [1.29, 1.82) is 0 Å². The lowest BCUT2D eigenvalue weighted by molar-refractivity contribution is 0.0950. The van der Waals surface area contributed by atoms with Crippen molar-refractivity contribution in [2.75, 3.05) is 17.0 Å². The molecule has 0 aliphatic rings. The number of sulfonamides is 1. The molecule has 2 N–H and O–H groups in total. The Balaban J connectivity index is 2.10. The molecule has 0 spiro atoms. The third kappa shape index (κ3) is 5.73. The fraction of sp³-hybridized carbons (Fsp3) is 0.333. The number of nitrogens with zero attached hydrogens (tertiary/aromatic N) is 1. The van der Waals surface area contributed by atoms with Gasteiger partial charge in [-0.3, -0.25) is 9.52 Å². The Morgan fingerprint density at radius 2 is 1.88 bits per heavy atom. The smallest absolute Gasteiger partial charge is 0.256 e. The average Bonchev–Trinajstić information content (AvgIpc) is 2.64. The Bertz CT molecular complexity index is 836. The van der Waals surface area contributed by atoms with Crippen molar-refractivity contribution >= 4 is 21.6 Å². The van der Waals surface area contributed by atoms with E-state index in [9.17, 15) is 13.2 Å². The maximum absolute atomic E-state index is 12.3. The van der Waals surface area contributed by atoms with Crippen molar-refractivity contribution in [3.05, 3.63) is 48.2 Å². The van der Waals surface area contributed by atoms with Crippen LogP contribution < -0.4 is 14.8 Å². The number of amides is 1. The fourth-order valence-electron chi connectivity index (χ4n) is 2.07. The number of nitrogens with one attached hydrogen (secondary N) is 2. The molecule has 0 radical (unpaired) electrons. The van der Waals surface area contributed by atoms with Gasteiger partial charge in [0.1, 0.15) is 11.3 Å². The second-order valence-electron chi connectivity index (χ2n) is 5.60. The number of pyridine rings is 1. The predicted octanol–water partition coefficient (Wildman–Crippen LogP) is 3.17. The Labute approximate surface area is 153 Å². The summed E-state index contributed by atoms with van der Waals surface area (Å²) in [6.07, 6.45) is 3.43. The number of anilines is 1. The maximum atomic E-state index is 12.3. The number of carbonyl (C=O) groups is 1. The number of aromatic nitrogens is 1. The Kier molecular flexibility index (Phi) is 6.97. The van der Waals surface area contributed by atoms with E-state index in [0.717, 1.165) is 12.8 Å². The van der Waals surface area contributed by atoms with E-state index in [2.05, 4.69) is 21.9 Å². The zero-order valence-electron chi connectivity index (χ0n) is 14.9. The van der Waals surface area contributed by atoms with Gasteiger partial charge < -0.3 is 10.1 Å². The average molecular weight is 377 g/mol. The van der Waals surface area contributed by atoms with Crippen LogP contribution in [0, 0.1) is 0 Å². The van der Waals surface area contributed by atoms with Gasteiger partial charge >= 0.3 is 0 Å². The van der Waals surface area contributed by atoms with Crippen molar-refractivity contribution < 1.29 is 17.9 Å². The molecule has 1 amide bonds. The minimum absolute atomic E-state index is 0.00428. The fourth-order valence-corrected chi connectivity index (χ4v) is 2.71. The monoisotopic (exact) mass is 377 g/mol. The minimum Gasteiger partial charge on any atom is -0.438 e. The van der Waals surface area contributed by atoms with Gasteiger partial charge in [-0.25, -0.2) is 13.4 Å². The van der Waals surface area contributed by atoms with E-state index < -0.39 is 10.0 Å². The molecule has 0 saturated heterocycles. The third-order valence-electron chi connectivity index (χ3n) is 3.55. The van der Waals surface area contributed by atoms with E-state index in [-0.39, 0.29) is 17.5 Å². The summed E-state index contributed by atoms with van der Waals surface area (Å²) in [6.45, 7) is 4.21. The van der Waals surface area contributed by atoms with Gasteiger partial charge in [-0.05, 0) is 49.7 Å². The molecule has 0 atom stereocenters. The Morgan fingerprint density at radius 3 is 2.54 bits per heavy atom. The molecule has 0 aliphatic heterocycles. The number of hydrogen-bond donors (Lipinski definition) is 2.